The zero-order chi connectivity index (χ0) is 11.0. The number of rotatable bonds is 1. The molecule has 0 atom stereocenters. The van der Waals surface area contributed by atoms with Gasteiger partial charge in [-0.25, -0.2) is 0 Å². The summed E-state index contributed by atoms with van der Waals surface area (Å²) in [5, 5.41) is 26.2. The maximum atomic E-state index is 10.6. The Balaban J connectivity index is 2.82. The molecular formula is C8H3BrN4O2. The number of hydrogen-bond acceptors (Lipinski definition) is 4. The Hall–Kier alpha value is -1.94. The lowest BCUT2D eigenvalue weighted by Gasteiger charge is -1.94. The van der Waals surface area contributed by atoms with Gasteiger partial charge >= 0.3 is 0 Å². The van der Waals surface area contributed by atoms with Gasteiger partial charge in [-0.15, -0.1) is 0 Å². The Morgan fingerprint density at radius 3 is 2.93 bits per heavy atom. The van der Waals surface area contributed by atoms with Crippen molar-refractivity contribution in [1.29, 1.82) is 5.26 Å². The molecule has 1 heterocycles. The first-order valence-electron chi connectivity index (χ1n) is 3.85. The van der Waals surface area contributed by atoms with Crippen molar-refractivity contribution in [1.82, 2.24) is 10.2 Å². The zero-order valence-corrected chi connectivity index (χ0v) is 8.78. The largest absolute Gasteiger partial charge is 0.276 e. The summed E-state index contributed by atoms with van der Waals surface area (Å²) in [6, 6.07) is 4.58. The first-order valence-corrected chi connectivity index (χ1v) is 4.65. The highest BCUT2D eigenvalue weighted by atomic mass is 79.9. The van der Waals surface area contributed by atoms with E-state index in [2.05, 4.69) is 26.1 Å². The minimum atomic E-state index is -0.503. The number of halogens is 1. The van der Waals surface area contributed by atoms with Crippen LogP contribution in [0.5, 0.6) is 0 Å². The number of hydrogen-bond donors (Lipinski definition) is 1. The van der Waals surface area contributed by atoms with E-state index in [1.54, 1.807) is 0 Å². The second kappa shape index (κ2) is 3.33. The average Bonchev–Trinajstić information content (AvgIpc) is 2.60. The standard InChI is InChI=1S/C8H3BrN4O2/c9-5-1-4(13(14)15)2-6-8(5)7(3-10)12-11-6/h1-2H,(H,11,12). The summed E-state index contributed by atoms with van der Waals surface area (Å²) in [6.07, 6.45) is 0. The Kier molecular flexibility index (Phi) is 2.13. The van der Waals surface area contributed by atoms with Gasteiger partial charge in [0, 0.05) is 16.6 Å². The van der Waals surface area contributed by atoms with Gasteiger partial charge in [0.25, 0.3) is 5.69 Å². The van der Waals surface area contributed by atoms with Crippen LogP contribution < -0.4 is 0 Å². The number of nitrogens with zero attached hydrogens (tertiary/aromatic N) is 3. The molecule has 1 aromatic carbocycles. The molecule has 0 aliphatic carbocycles. The second-order valence-corrected chi connectivity index (χ2v) is 3.65. The van der Waals surface area contributed by atoms with Crippen LogP contribution in [0, 0.1) is 21.4 Å². The number of nitrogens with one attached hydrogen (secondary N) is 1. The van der Waals surface area contributed by atoms with E-state index in [0.717, 1.165) is 0 Å². The van der Waals surface area contributed by atoms with Crippen LogP contribution >= 0.6 is 15.9 Å². The summed E-state index contributed by atoms with van der Waals surface area (Å²) in [4.78, 5) is 10.1. The van der Waals surface area contributed by atoms with Crippen LogP contribution in [-0.4, -0.2) is 15.1 Å². The van der Waals surface area contributed by atoms with E-state index in [-0.39, 0.29) is 11.4 Å². The molecule has 0 saturated carbocycles. The van der Waals surface area contributed by atoms with Crippen LogP contribution in [0.2, 0.25) is 0 Å². The molecule has 7 heteroatoms. The number of benzene rings is 1. The number of fused-ring (bicyclic) bond motifs is 1. The number of nitro benzene ring substituents is 1. The Bertz CT molecular complexity index is 598. The van der Waals surface area contributed by atoms with E-state index in [4.69, 9.17) is 5.26 Å². The molecule has 0 unspecified atom stereocenters. The van der Waals surface area contributed by atoms with E-state index in [1.807, 2.05) is 6.07 Å². The molecule has 0 amide bonds. The summed E-state index contributed by atoms with van der Waals surface area (Å²) < 4.78 is 0.483. The fraction of sp³-hybridized carbons (Fsp3) is 0. The number of aromatic nitrogens is 2. The zero-order valence-electron chi connectivity index (χ0n) is 7.19. The second-order valence-electron chi connectivity index (χ2n) is 2.79. The molecule has 74 valence electrons. The van der Waals surface area contributed by atoms with Gasteiger partial charge in [-0.05, 0) is 15.9 Å². The summed E-state index contributed by atoms with van der Waals surface area (Å²) in [6.45, 7) is 0. The molecule has 2 aromatic rings. The van der Waals surface area contributed by atoms with Crippen LogP contribution in [0.1, 0.15) is 5.69 Å². The first-order chi connectivity index (χ1) is 7.13. The summed E-state index contributed by atoms with van der Waals surface area (Å²) >= 11 is 3.17. The van der Waals surface area contributed by atoms with Crippen molar-refractivity contribution in [3.05, 3.63) is 32.4 Å². The number of nitro groups is 1. The van der Waals surface area contributed by atoms with Crippen LogP contribution in [-0.2, 0) is 0 Å². The molecule has 0 radical (unpaired) electrons. The fourth-order valence-electron chi connectivity index (χ4n) is 1.28. The minimum Gasteiger partial charge on any atom is -0.276 e. The van der Waals surface area contributed by atoms with E-state index in [9.17, 15) is 10.1 Å². The van der Waals surface area contributed by atoms with Crippen molar-refractivity contribution >= 4 is 32.5 Å². The third-order valence-electron chi connectivity index (χ3n) is 1.92. The molecule has 0 spiro atoms. The number of H-pyrrole nitrogens is 1. The maximum absolute atomic E-state index is 10.6. The van der Waals surface area contributed by atoms with Gasteiger partial charge in [-0.3, -0.25) is 15.2 Å². The Morgan fingerprint density at radius 1 is 1.60 bits per heavy atom. The van der Waals surface area contributed by atoms with E-state index in [1.165, 1.54) is 12.1 Å². The number of nitriles is 1. The lowest BCUT2D eigenvalue weighted by molar-refractivity contribution is -0.384. The molecule has 0 saturated heterocycles. The summed E-state index contributed by atoms with van der Waals surface area (Å²) in [7, 11) is 0. The predicted octanol–water partition coefficient (Wildman–Crippen LogP) is 2.11. The van der Waals surface area contributed by atoms with Crippen molar-refractivity contribution in [2.24, 2.45) is 0 Å². The van der Waals surface area contributed by atoms with Gasteiger partial charge in [-0.2, -0.15) is 10.4 Å². The third kappa shape index (κ3) is 1.45. The highest BCUT2D eigenvalue weighted by Crippen LogP contribution is 2.29. The summed E-state index contributed by atoms with van der Waals surface area (Å²) in [5.74, 6) is 0. The number of non-ortho nitro benzene ring substituents is 1. The molecule has 0 bridgehead atoms. The average molecular weight is 267 g/mol. The lowest BCUT2D eigenvalue weighted by Crippen LogP contribution is -1.87. The summed E-state index contributed by atoms with van der Waals surface area (Å²) in [5.41, 5.74) is 0.627. The molecule has 0 aliphatic rings. The van der Waals surface area contributed by atoms with Crippen molar-refractivity contribution in [3.63, 3.8) is 0 Å². The Labute approximate surface area is 91.8 Å². The molecule has 2 rings (SSSR count). The van der Waals surface area contributed by atoms with Crippen LogP contribution in [0.25, 0.3) is 10.9 Å². The third-order valence-corrected chi connectivity index (χ3v) is 2.54. The van der Waals surface area contributed by atoms with E-state index >= 15 is 0 Å². The van der Waals surface area contributed by atoms with Gasteiger partial charge in [0.15, 0.2) is 5.69 Å². The van der Waals surface area contributed by atoms with Gasteiger partial charge in [0.1, 0.15) is 6.07 Å². The predicted molar refractivity (Wildman–Crippen MR) is 55.2 cm³/mol. The molecule has 0 aliphatic heterocycles. The molecule has 1 N–H and O–H groups in total. The van der Waals surface area contributed by atoms with Crippen LogP contribution in [0.15, 0.2) is 16.6 Å². The lowest BCUT2D eigenvalue weighted by atomic mass is 10.2. The molecule has 15 heavy (non-hydrogen) atoms. The monoisotopic (exact) mass is 266 g/mol. The molecule has 0 fully saturated rings. The van der Waals surface area contributed by atoms with Crippen molar-refractivity contribution in [2.75, 3.05) is 0 Å². The molecular weight excluding hydrogens is 264 g/mol. The van der Waals surface area contributed by atoms with Gasteiger partial charge in [-0.1, -0.05) is 0 Å². The van der Waals surface area contributed by atoms with Gasteiger partial charge < -0.3 is 0 Å². The highest BCUT2D eigenvalue weighted by molar-refractivity contribution is 9.10. The number of aromatic amines is 1. The topological polar surface area (TPSA) is 95.6 Å². The van der Waals surface area contributed by atoms with Gasteiger partial charge in [0.2, 0.25) is 0 Å². The Morgan fingerprint density at radius 2 is 2.33 bits per heavy atom. The minimum absolute atomic E-state index is 0.0532. The van der Waals surface area contributed by atoms with Crippen LogP contribution in [0.4, 0.5) is 5.69 Å². The fourth-order valence-corrected chi connectivity index (χ4v) is 1.92. The quantitative estimate of drug-likeness (QED) is 0.632. The normalized spacial score (nSPS) is 10.1. The van der Waals surface area contributed by atoms with Crippen molar-refractivity contribution in [3.8, 4) is 6.07 Å². The SMILES string of the molecule is N#Cc1n[nH]c2cc([N+](=O)[O-])cc(Br)c12. The van der Waals surface area contributed by atoms with Crippen molar-refractivity contribution in [2.45, 2.75) is 0 Å². The highest BCUT2D eigenvalue weighted by Gasteiger charge is 2.14. The smallest absolute Gasteiger partial charge is 0.272 e. The van der Waals surface area contributed by atoms with Gasteiger partial charge in [0.05, 0.1) is 15.8 Å². The van der Waals surface area contributed by atoms with Crippen molar-refractivity contribution < 1.29 is 4.92 Å². The maximum Gasteiger partial charge on any atom is 0.272 e. The van der Waals surface area contributed by atoms with Crippen LogP contribution in [0.3, 0.4) is 0 Å². The van der Waals surface area contributed by atoms with E-state index < -0.39 is 4.92 Å². The van der Waals surface area contributed by atoms with E-state index in [0.29, 0.717) is 15.4 Å². The molecule has 6 nitrogen and oxygen atoms in total. The molecule has 1 aromatic heterocycles. The first kappa shape index (κ1) is 9.61.